The first kappa shape index (κ1) is 12.9. The Labute approximate surface area is 95.9 Å². The van der Waals surface area contributed by atoms with E-state index in [1.807, 2.05) is 0 Å². The molecular weight excluding hydrogens is 236 g/mol. The third kappa shape index (κ3) is 4.16. The van der Waals surface area contributed by atoms with Gasteiger partial charge < -0.3 is 10.4 Å². The van der Waals surface area contributed by atoms with Crippen molar-refractivity contribution in [3.05, 3.63) is 29.8 Å². The molecule has 0 aliphatic carbocycles. The lowest BCUT2D eigenvalue weighted by atomic mass is 10.2. The number of hydrogen-bond donors (Lipinski definition) is 2. The van der Waals surface area contributed by atoms with Crippen molar-refractivity contribution < 1.29 is 18.7 Å². The van der Waals surface area contributed by atoms with Gasteiger partial charge in [-0.1, -0.05) is 11.8 Å². The standard InChI is InChI=1S/C10H11F2NO2S/c11-10(12)16-8-3-1-7(2-4-8)9(15)13-5-6-14/h1-4,10,14H,5-6H2,(H,13,15). The van der Waals surface area contributed by atoms with Crippen LogP contribution in [0.15, 0.2) is 29.2 Å². The topological polar surface area (TPSA) is 49.3 Å². The molecule has 0 aliphatic heterocycles. The second kappa shape index (κ2) is 6.44. The Kier molecular flexibility index (Phi) is 5.21. The molecule has 0 bridgehead atoms. The number of alkyl halides is 2. The minimum atomic E-state index is -2.46. The van der Waals surface area contributed by atoms with Crippen LogP contribution in [0.2, 0.25) is 0 Å². The second-order valence-corrected chi connectivity index (χ2v) is 3.95. The zero-order valence-corrected chi connectivity index (χ0v) is 9.14. The summed E-state index contributed by atoms with van der Waals surface area (Å²) in [5.74, 6) is -2.79. The maximum atomic E-state index is 12.0. The van der Waals surface area contributed by atoms with Crippen molar-refractivity contribution >= 4 is 17.7 Å². The molecule has 88 valence electrons. The summed E-state index contributed by atoms with van der Waals surface area (Å²) in [6.45, 7) is 0.0391. The van der Waals surface area contributed by atoms with Crippen LogP contribution in [-0.2, 0) is 0 Å². The number of amides is 1. The predicted molar refractivity (Wildman–Crippen MR) is 57.7 cm³/mol. The molecule has 0 aliphatic rings. The van der Waals surface area contributed by atoms with Crippen molar-refractivity contribution in [1.29, 1.82) is 0 Å². The molecule has 6 heteroatoms. The number of thioether (sulfide) groups is 1. The molecule has 0 atom stereocenters. The lowest BCUT2D eigenvalue weighted by Crippen LogP contribution is -2.26. The minimum absolute atomic E-state index is 0.134. The fourth-order valence-corrected chi connectivity index (χ4v) is 1.56. The molecule has 2 N–H and O–H groups in total. The highest BCUT2D eigenvalue weighted by molar-refractivity contribution is 7.99. The molecule has 0 unspecified atom stereocenters. The Morgan fingerprint density at radius 3 is 2.50 bits per heavy atom. The molecule has 0 radical (unpaired) electrons. The Hall–Kier alpha value is -1.14. The van der Waals surface area contributed by atoms with Gasteiger partial charge in [0, 0.05) is 17.0 Å². The molecule has 1 rings (SSSR count). The van der Waals surface area contributed by atoms with Crippen LogP contribution in [-0.4, -0.2) is 29.9 Å². The van der Waals surface area contributed by atoms with E-state index in [4.69, 9.17) is 5.11 Å². The van der Waals surface area contributed by atoms with Crippen LogP contribution < -0.4 is 5.32 Å². The number of nitrogens with one attached hydrogen (secondary N) is 1. The summed E-state index contributed by atoms with van der Waals surface area (Å²) in [6, 6.07) is 5.87. The van der Waals surface area contributed by atoms with E-state index in [1.54, 1.807) is 0 Å². The minimum Gasteiger partial charge on any atom is -0.395 e. The maximum Gasteiger partial charge on any atom is 0.288 e. The van der Waals surface area contributed by atoms with Gasteiger partial charge in [-0.25, -0.2) is 0 Å². The van der Waals surface area contributed by atoms with Gasteiger partial charge >= 0.3 is 0 Å². The van der Waals surface area contributed by atoms with E-state index in [9.17, 15) is 13.6 Å². The molecule has 0 fully saturated rings. The summed E-state index contributed by atoms with van der Waals surface area (Å²) in [4.78, 5) is 11.8. The average molecular weight is 247 g/mol. The van der Waals surface area contributed by atoms with Gasteiger partial charge in [0.1, 0.15) is 0 Å². The number of benzene rings is 1. The quantitative estimate of drug-likeness (QED) is 0.779. The van der Waals surface area contributed by atoms with E-state index < -0.39 is 5.76 Å². The molecule has 0 saturated carbocycles. The van der Waals surface area contributed by atoms with Crippen molar-refractivity contribution in [2.45, 2.75) is 10.7 Å². The molecule has 1 amide bonds. The molecule has 3 nitrogen and oxygen atoms in total. The van der Waals surface area contributed by atoms with Crippen LogP contribution in [0.4, 0.5) is 8.78 Å². The Morgan fingerprint density at radius 1 is 1.38 bits per heavy atom. The Bertz CT molecular complexity index is 343. The van der Waals surface area contributed by atoms with Crippen LogP contribution in [0.3, 0.4) is 0 Å². The number of aliphatic hydroxyl groups excluding tert-OH is 1. The van der Waals surface area contributed by atoms with Gasteiger partial charge in [-0.2, -0.15) is 8.78 Å². The van der Waals surface area contributed by atoms with Crippen molar-refractivity contribution in [3.8, 4) is 0 Å². The zero-order chi connectivity index (χ0) is 12.0. The van der Waals surface area contributed by atoms with Crippen molar-refractivity contribution in [3.63, 3.8) is 0 Å². The monoisotopic (exact) mass is 247 g/mol. The summed E-state index contributed by atoms with van der Waals surface area (Å²) in [5, 5.41) is 11.0. The van der Waals surface area contributed by atoms with Gasteiger partial charge in [0.2, 0.25) is 0 Å². The number of carbonyl (C=O) groups is 1. The Morgan fingerprint density at radius 2 is 2.00 bits per heavy atom. The third-order valence-electron chi connectivity index (χ3n) is 1.74. The SMILES string of the molecule is O=C(NCCO)c1ccc(SC(F)F)cc1. The van der Waals surface area contributed by atoms with Crippen LogP contribution in [0.25, 0.3) is 0 Å². The zero-order valence-electron chi connectivity index (χ0n) is 8.32. The van der Waals surface area contributed by atoms with Gasteiger partial charge in [-0.3, -0.25) is 4.79 Å². The van der Waals surface area contributed by atoms with E-state index in [1.165, 1.54) is 24.3 Å². The van der Waals surface area contributed by atoms with Crippen molar-refractivity contribution in [1.82, 2.24) is 5.32 Å². The van der Waals surface area contributed by atoms with Gasteiger partial charge in [-0.15, -0.1) is 0 Å². The second-order valence-electron chi connectivity index (χ2n) is 2.88. The molecule has 1 aromatic carbocycles. The van der Waals surface area contributed by atoms with Gasteiger partial charge in [0.05, 0.1) is 6.61 Å². The third-order valence-corrected chi connectivity index (χ3v) is 2.46. The largest absolute Gasteiger partial charge is 0.395 e. The highest BCUT2D eigenvalue weighted by Gasteiger charge is 2.07. The smallest absolute Gasteiger partial charge is 0.288 e. The predicted octanol–water partition coefficient (Wildman–Crippen LogP) is 1.72. The molecule has 0 saturated heterocycles. The summed E-state index contributed by atoms with van der Waals surface area (Å²) in [5.41, 5.74) is 0.382. The lowest BCUT2D eigenvalue weighted by Gasteiger charge is -2.04. The molecular formula is C10H11F2NO2S. The average Bonchev–Trinajstić information content (AvgIpc) is 2.26. The highest BCUT2D eigenvalue weighted by atomic mass is 32.2. The molecule has 16 heavy (non-hydrogen) atoms. The molecule has 1 aromatic rings. The van der Waals surface area contributed by atoms with Crippen LogP contribution in [0.5, 0.6) is 0 Å². The molecule has 0 heterocycles. The van der Waals surface area contributed by atoms with E-state index >= 15 is 0 Å². The van der Waals surface area contributed by atoms with Crippen LogP contribution >= 0.6 is 11.8 Å². The van der Waals surface area contributed by atoms with Crippen LogP contribution in [0.1, 0.15) is 10.4 Å². The van der Waals surface area contributed by atoms with Gasteiger partial charge in [-0.05, 0) is 24.3 Å². The van der Waals surface area contributed by atoms with Crippen molar-refractivity contribution in [2.75, 3.05) is 13.2 Å². The Balaban J connectivity index is 2.60. The van der Waals surface area contributed by atoms with Gasteiger partial charge in [0.15, 0.2) is 0 Å². The number of halogens is 2. The fraction of sp³-hybridized carbons (Fsp3) is 0.300. The van der Waals surface area contributed by atoms with E-state index in [-0.39, 0.29) is 19.1 Å². The normalized spacial score (nSPS) is 10.5. The van der Waals surface area contributed by atoms with Crippen molar-refractivity contribution in [2.24, 2.45) is 0 Å². The molecule has 0 spiro atoms. The number of carbonyl (C=O) groups excluding carboxylic acids is 1. The lowest BCUT2D eigenvalue weighted by molar-refractivity contribution is 0.0944. The molecule has 0 aromatic heterocycles. The summed E-state index contributed by atoms with van der Waals surface area (Å²) < 4.78 is 24.0. The van der Waals surface area contributed by atoms with Crippen LogP contribution in [0, 0.1) is 0 Å². The first-order chi connectivity index (χ1) is 7.63. The highest BCUT2D eigenvalue weighted by Crippen LogP contribution is 2.24. The van der Waals surface area contributed by atoms with E-state index in [0.717, 1.165) is 0 Å². The summed E-state index contributed by atoms with van der Waals surface area (Å²) in [6.07, 6.45) is 0. The first-order valence-corrected chi connectivity index (χ1v) is 5.45. The maximum absolute atomic E-state index is 12.0. The van der Waals surface area contributed by atoms with E-state index in [0.29, 0.717) is 22.2 Å². The summed E-state index contributed by atoms with van der Waals surface area (Å²) >= 11 is 0.432. The number of hydrogen-bond acceptors (Lipinski definition) is 3. The van der Waals surface area contributed by atoms with Gasteiger partial charge in [0.25, 0.3) is 11.7 Å². The fourth-order valence-electron chi connectivity index (χ4n) is 1.06. The number of aliphatic hydroxyl groups is 1. The number of rotatable bonds is 5. The summed E-state index contributed by atoms with van der Waals surface area (Å²) in [7, 11) is 0. The first-order valence-electron chi connectivity index (χ1n) is 4.57. The van der Waals surface area contributed by atoms with E-state index in [2.05, 4.69) is 5.32 Å².